The molecule has 1 saturated heterocycles. The Morgan fingerprint density at radius 2 is 1.67 bits per heavy atom. The first-order valence-corrected chi connectivity index (χ1v) is 9.07. The van der Waals surface area contributed by atoms with E-state index in [4.69, 9.17) is 0 Å². The van der Waals surface area contributed by atoms with Crippen LogP contribution in [-0.2, 0) is 9.59 Å². The van der Waals surface area contributed by atoms with Crippen LogP contribution >= 0.6 is 11.8 Å². The van der Waals surface area contributed by atoms with Gasteiger partial charge in [0.2, 0.25) is 5.91 Å². The molecule has 0 saturated carbocycles. The second-order valence-corrected chi connectivity index (χ2v) is 6.82. The highest BCUT2D eigenvalue weighted by Gasteiger charge is 2.40. The fourth-order valence-electron chi connectivity index (χ4n) is 3.03. The zero-order valence-electron chi connectivity index (χ0n) is 14.0. The van der Waals surface area contributed by atoms with Gasteiger partial charge in [0.1, 0.15) is 6.04 Å². The van der Waals surface area contributed by atoms with E-state index in [1.165, 1.54) is 4.90 Å². The molecule has 124 valence electrons. The van der Waals surface area contributed by atoms with Crippen LogP contribution < -0.4 is 10.2 Å². The minimum atomic E-state index is -0.517. The summed E-state index contributed by atoms with van der Waals surface area (Å²) in [5, 5.41) is 3.19. The summed E-state index contributed by atoms with van der Waals surface area (Å²) in [4.78, 5) is 27.7. The van der Waals surface area contributed by atoms with Crippen LogP contribution in [0.3, 0.4) is 0 Å². The van der Waals surface area contributed by atoms with Gasteiger partial charge in [0.05, 0.1) is 12.1 Å². The number of nitrogens with zero attached hydrogens (tertiary/aromatic N) is 1. The second-order valence-electron chi connectivity index (χ2n) is 5.94. The van der Waals surface area contributed by atoms with Crippen LogP contribution in [0.4, 0.5) is 11.4 Å². The average molecular weight is 340 g/mol. The molecular weight excluding hydrogens is 320 g/mol. The summed E-state index contributed by atoms with van der Waals surface area (Å²) in [6.45, 7) is 3.84. The van der Waals surface area contributed by atoms with E-state index in [0.29, 0.717) is 0 Å². The van der Waals surface area contributed by atoms with E-state index in [1.54, 1.807) is 11.8 Å². The lowest BCUT2D eigenvalue weighted by atomic mass is 10.1. The first-order chi connectivity index (χ1) is 11.5. The van der Waals surface area contributed by atoms with Crippen LogP contribution in [0.2, 0.25) is 0 Å². The number of amides is 2. The maximum atomic E-state index is 12.8. The van der Waals surface area contributed by atoms with Crippen LogP contribution in [0.1, 0.15) is 17.5 Å². The van der Waals surface area contributed by atoms with Crippen molar-refractivity contribution in [3.8, 4) is 0 Å². The van der Waals surface area contributed by atoms with Crippen molar-refractivity contribution < 1.29 is 9.59 Å². The smallest absolute Gasteiger partial charge is 0.256 e. The van der Waals surface area contributed by atoms with Gasteiger partial charge in [-0.3, -0.25) is 9.59 Å². The minimum absolute atomic E-state index is 0.157. The average Bonchev–Trinajstić information content (AvgIpc) is 2.83. The predicted octanol–water partition coefficient (Wildman–Crippen LogP) is 3.77. The number of imide groups is 1. The standard InChI is InChI=1S/C19H20N2O2S/c1-12-5-4-6-13(2)18(12)21-17(22)11-16(19(21)23)20-14-7-9-15(24-3)10-8-14/h4-10,16,20H,11H2,1-3H3/t16-/m0/s1. The molecule has 2 aromatic carbocycles. The van der Waals surface area contributed by atoms with Crippen LogP contribution in [-0.4, -0.2) is 24.1 Å². The van der Waals surface area contributed by atoms with Crippen molar-refractivity contribution in [1.29, 1.82) is 0 Å². The molecule has 1 fully saturated rings. The maximum Gasteiger partial charge on any atom is 0.256 e. The molecule has 0 aromatic heterocycles. The lowest BCUT2D eigenvalue weighted by Gasteiger charge is -2.20. The Hall–Kier alpha value is -2.27. The van der Waals surface area contributed by atoms with Crippen molar-refractivity contribution >= 4 is 35.0 Å². The number of hydrogen-bond acceptors (Lipinski definition) is 4. The van der Waals surface area contributed by atoms with Gasteiger partial charge in [-0.1, -0.05) is 18.2 Å². The maximum absolute atomic E-state index is 12.8. The van der Waals surface area contributed by atoms with Gasteiger partial charge in [-0.05, 0) is 55.5 Å². The third kappa shape index (κ3) is 3.04. The number of carbonyl (C=O) groups is 2. The molecule has 2 amide bonds. The van der Waals surface area contributed by atoms with E-state index in [-0.39, 0.29) is 18.2 Å². The Balaban J connectivity index is 1.83. The van der Waals surface area contributed by atoms with E-state index in [2.05, 4.69) is 5.32 Å². The number of anilines is 2. The van der Waals surface area contributed by atoms with Crippen molar-refractivity contribution in [3.05, 3.63) is 53.6 Å². The molecule has 0 radical (unpaired) electrons. The van der Waals surface area contributed by atoms with Crippen molar-refractivity contribution in [3.63, 3.8) is 0 Å². The van der Waals surface area contributed by atoms with E-state index >= 15 is 0 Å². The Labute approximate surface area is 146 Å². The number of aryl methyl sites for hydroxylation is 2. The largest absolute Gasteiger partial charge is 0.373 e. The van der Waals surface area contributed by atoms with Crippen molar-refractivity contribution in [1.82, 2.24) is 0 Å². The molecule has 0 unspecified atom stereocenters. The van der Waals surface area contributed by atoms with Crippen LogP contribution in [0.5, 0.6) is 0 Å². The van der Waals surface area contributed by atoms with Crippen molar-refractivity contribution in [2.45, 2.75) is 31.2 Å². The van der Waals surface area contributed by atoms with Crippen LogP contribution in [0.15, 0.2) is 47.4 Å². The number of rotatable bonds is 4. The molecule has 3 rings (SSSR count). The first kappa shape index (κ1) is 16.6. The number of carbonyl (C=O) groups excluding carboxylic acids is 2. The fraction of sp³-hybridized carbons (Fsp3) is 0.263. The summed E-state index contributed by atoms with van der Waals surface area (Å²) in [6, 6.07) is 13.1. The zero-order valence-corrected chi connectivity index (χ0v) is 14.8. The molecule has 1 atom stereocenters. The Bertz CT molecular complexity index is 766. The Morgan fingerprint density at radius 3 is 2.25 bits per heavy atom. The number of para-hydroxylation sites is 1. The van der Waals surface area contributed by atoms with Gasteiger partial charge >= 0.3 is 0 Å². The topological polar surface area (TPSA) is 49.4 Å². The lowest BCUT2D eigenvalue weighted by Crippen LogP contribution is -2.35. The van der Waals surface area contributed by atoms with Crippen LogP contribution in [0.25, 0.3) is 0 Å². The van der Waals surface area contributed by atoms with Crippen LogP contribution in [0, 0.1) is 13.8 Å². The van der Waals surface area contributed by atoms with E-state index in [9.17, 15) is 9.59 Å². The predicted molar refractivity (Wildman–Crippen MR) is 98.7 cm³/mol. The molecule has 0 aliphatic carbocycles. The summed E-state index contributed by atoms with van der Waals surface area (Å²) in [6.07, 6.45) is 2.20. The van der Waals surface area contributed by atoms with E-state index in [0.717, 1.165) is 27.4 Å². The Kier molecular flexibility index (Phi) is 4.62. The van der Waals surface area contributed by atoms with Crippen molar-refractivity contribution in [2.75, 3.05) is 16.5 Å². The van der Waals surface area contributed by atoms with E-state index in [1.807, 2.05) is 62.6 Å². The molecule has 0 bridgehead atoms. The third-order valence-corrected chi connectivity index (χ3v) is 4.98. The number of benzene rings is 2. The Morgan fingerprint density at radius 1 is 1.04 bits per heavy atom. The molecule has 5 heteroatoms. The van der Waals surface area contributed by atoms with E-state index < -0.39 is 6.04 Å². The molecule has 1 aliphatic heterocycles. The highest BCUT2D eigenvalue weighted by atomic mass is 32.2. The van der Waals surface area contributed by atoms with Gasteiger partial charge in [-0.25, -0.2) is 4.90 Å². The van der Waals surface area contributed by atoms with Crippen molar-refractivity contribution in [2.24, 2.45) is 0 Å². The SMILES string of the molecule is CSc1ccc(N[C@H]2CC(=O)N(c3c(C)cccc3C)C2=O)cc1. The molecule has 2 aromatic rings. The van der Waals surface area contributed by atoms with Gasteiger partial charge in [-0.2, -0.15) is 0 Å². The second kappa shape index (κ2) is 6.69. The highest BCUT2D eigenvalue weighted by molar-refractivity contribution is 7.98. The summed E-state index contributed by atoms with van der Waals surface area (Å²) in [5.41, 5.74) is 3.43. The summed E-state index contributed by atoms with van der Waals surface area (Å²) in [7, 11) is 0. The first-order valence-electron chi connectivity index (χ1n) is 7.85. The number of hydrogen-bond donors (Lipinski definition) is 1. The van der Waals surface area contributed by atoms with Gasteiger partial charge in [-0.15, -0.1) is 11.8 Å². The minimum Gasteiger partial charge on any atom is -0.373 e. The number of thioether (sulfide) groups is 1. The normalized spacial score (nSPS) is 17.5. The fourth-order valence-corrected chi connectivity index (χ4v) is 3.43. The molecular formula is C19H20N2O2S. The quantitative estimate of drug-likeness (QED) is 0.680. The van der Waals surface area contributed by atoms with Gasteiger partial charge in [0.25, 0.3) is 5.91 Å². The molecule has 1 N–H and O–H groups in total. The summed E-state index contributed by atoms with van der Waals surface area (Å²) >= 11 is 1.66. The summed E-state index contributed by atoms with van der Waals surface area (Å²) in [5.74, 6) is -0.345. The monoisotopic (exact) mass is 340 g/mol. The highest BCUT2D eigenvalue weighted by Crippen LogP contribution is 2.30. The van der Waals surface area contributed by atoms with Gasteiger partial charge in [0, 0.05) is 10.6 Å². The third-order valence-electron chi connectivity index (χ3n) is 4.24. The lowest BCUT2D eigenvalue weighted by molar-refractivity contribution is -0.121. The summed E-state index contributed by atoms with van der Waals surface area (Å²) < 4.78 is 0. The molecule has 1 aliphatic rings. The van der Waals surface area contributed by atoms with Gasteiger partial charge in [0.15, 0.2) is 0 Å². The molecule has 4 nitrogen and oxygen atoms in total. The van der Waals surface area contributed by atoms with Gasteiger partial charge < -0.3 is 5.32 Å². The molecule has 0 spiro atoms. The molecule has 1 heterocycles. The number of nitrogens with one attached hydrogen (secondary N) is 1. The zero-order chi connectivity index (χ0) is 17.3. The molecule has 24 heavy (non-hydrogen) atoms.